The van der Waals surface area contributed by atoms with Gasteiger partial charge in [0.25, 0.3) is 0 Å². The van der Waals surface area contributed by atoms with Crippen molar-refractivity contribution in [3.8, 4) is 0 Å². The standard InChI is InChI=1S/C13H20N2O2/c16-12-10-2-1-3-11(10)13(17)15(12)7-5-9-4-6-14-8-9/h9-11,14H,1-8H2. The molecule has 1 N–H and O–H groups in total. The fourth-order valence-corrected chi connectivity index (χ4v) is 3.55. The molecule has 4 nitrogen and oxygen atoms in total. The summed E-state index contributed by atoms with van der Waals surface area (Å²) in [6.45, 7) is 2.78. The minimum Gasteiger partial charge on any atom is -0.316 e. The third kappa shape index (κ3) is 1.88. The minimum atomic E-state index is 0.0317. The molecule has 0 aromatic rings. The van der Waals surface area contributed by atoms with E-state index in [0.717, 1.165) is 38.8 Å². The molecular weight excluding hydrogens is 216 g/mol. The molecule has 0 spiro atoms. The van der Waals surface area contributed by atoms with Gasteiger partial charge in [-0.3, -0.25) is 14.5 Å². The molecular formula is C13H20N2O2. The third-order valence-electron chi connectivity index (χ3n) is 4.61. The molecule has 1 saturated carbocycles. The van der Waals surface area contributed by atoms with Crippen LogP contribution < -0.4 is 5.32 Å². The molecule has 0 bridgehead atoms. The third-order valence-corrected chi connectivity index (χ3v) is 4.61. The number of imide groups is 1. The fourth-order valence-electron chi connectivity index (χ4n) is 3.55. The van der Waals surface area contributed by atoms with E-state index in [1.807, 2.05) is 0 Å². The van der Waals surface area contributed by atoms with Gasteiger partial charge in [0.2, 0.25) is 11.8 Å². The largest absolute Gasteiger partial charge is 0.316 e. The van der Waals surface area contributed by atoms with Crippen molar-refractivity contribution in [1.82, 2.24) is 10.2 Å². The van der Waals surface area contributed by atoms with E-state index in [0.29, 0.717) is 12.5 Å². The van der Waals surface area contributed by atoms with Gasteiger partial charge in [0.15, 0.2) is 0 Å². The molecule has 0 radical (unpaired) electrons. The van der Waals surface area contributed by atoms with E-state index in [-0.39, 0.29) is 23.7 Å². The first-order valence-electron chi connectivity index (χ1n) is 6.83. The van der Waals surface area contributed by atoms with Gasteiger partial charge >= 0.3 is 0 Å². The molecule has 3 unspecified atom stereocenters. The zero-order valence-corrected chi connectivity index (χ0v) is 10.2. The van der Waals surface area contributed by atoms with Crippen LogP contribution in [-0.2, 0) is 9.59 Å². The number of nitrogens with zero attached hydrogens (tertiary/aromatic N) is 1. The van der Waals surface area contributed by atoms with Crippen LogP contribution in [0, 0.1) is 17.8 Å². The van der Waals surface area contributed by atoms with Gasteiger partial charge in [0.05, 0.1) is 11.8 Å². The number of carbonyl (C=O) groups is 2. The maximum atomic E-state index is 12.1. The quantitative estimate of drug-likeness (QED) is 0.736. The SMILES string of the molecule is O=C1C2CCCC2C(=O)N1CCC1CCNC1. The highest BCUT2D eigenvalue weighted by Gasteiger charge is 2.49. The van der Waals surface area contributed by atoms with E-state index in [9.17, 15) is 9.59 Å². The van der Waals surface area contributed by atoms with Crippen molar-refractivity contribution in [3.63, 3.8) is 0 Å². The van der Waals surface area contributed by atoms with E-state index in [4.69, 9.17) is 0 Å². The lowest BCUT2D eigenvalue weighted by atomic mass is 10.00. The van der Waals surface area contributed by atoms with Crippen LogP contribution in [0.4, 0.5) is 0 Å². The van der Waals surface area contributed by atoms with Gasteiger partial charge in [-0.1, -0.05) is 6.42 Å². The van der Waals surface area contributed by atoms with Gasteiger partial charge in [-0.15, -0.1) is 0 Å². The van der Waals surface area contributed by atoms with Crippen molar-refractivity contribution in [2.24, 2.45) is 17.8 Å². The Morgan fingerprint density at radius 1 is 1.12 bits per heavy atom. The van der Waals surface area contributed by atoms with Gasteiger partial charge < -0.3 is 5.32 Å². The summed E-state index contributed by atoms with van der Waals surface area (Å²) in [6, 6.07) is 0. The highest BCUT2D eigenvalue weighted by Crippen LogP contribution is 2.39. The zero-order chi connectivity index (χ0) is 11.8. The number of fused-ring (bicyclic) bond motifs is 1. The molecule has 3 rings (SSSR count). The van der Waals surface area contributed by atoms with Crippen molar-refractivity contribution >= 4 is 11.8 Å². The Balaban J connectivity index is 1.59. The Labute approximate surface area is 102 Å². The maximum absolute atomic E-state index is 12.1. The number of amides is 2. The molecule has 1 aliphatic carbocycles. The molecule has 0 aromatic carbocycles. The van der Waals surface area contributed by atoms with Crippen LogP contribution in [0.1, 0.15) is 32.1 Å². The molecule has 4 heteroatoms. The Kier molecular flexibility index (Phi) is 2.90. The summed E-state index contributed by atoms with van der Waals surface area (Å²) in [5.74, 6) is 0.941. The summed E-state index contributed by atoms with van der Waals surface area (Å²) in [5.41, 5.74) is 0. The highest BCUT2D eigenvalue weighted by atomic mass is 16.2. The summed E-state index contributed by atoms with van der Waals surface area (Å²) in [6.07, 6.45) is 5.06. The lowest BCUT2D eigenvalue weighted by Gasteiger charge is -2.17. The Bertz CT molecular complexity index is 314. The number of carbonyl (C=O) groups excluding carboxylic acids is 2. The molecule has 2 saturated heterocycles. The number of likely N-dealkylation sites (tertiary alicyclic amines) is 1. The van der Waals surface area contributed by atoms with Gasteiger partial charge in [-0.25, -0.2) is 0 Å². The van der Waals surface area contributed by atoms with E-state index in [2.05, 4.69) is 5.32 Å². The predicted octanol–water partition coefficient (Wildman–Crippen LogP) is 0.771. The van der Waals surface area contributed by atoms with Crippen LogP contribution in [0.2, 0.25) is 0 Å². The normalized spacial score (nSPS) is 36.9. The van der Waals surface area contributed by atoms with Crippen molar-refractivity contribution in [2.75, 3.05) is 19.6 Å². The van der Waals surface area contributed by atoms with E-state index in [1.165, 1.54) is 6.42 Å². The summed E-state index contributed by atoms with van der Waals surface area (Å²) in [4.78, 5) is 25.7. The Morgan fingerprint density at radius 2 is 1.82 bits per heavy atom. The molecule has 17 heavy (non-hydrogen) atoms. The average molecular weight is 236 g/mol. The zero-order valence-electron chi connectivity index (χ0n) is 10.2. The van der Waals surface area contributed by atoms with E-state index >= 15 is 0 Å². The number of hydrogen-bond donors (Lipinski definition) is 1. The van der Waals surface area contributed by atoms with Crippen LogP contribution in [-0.4, -0.2) is 36.3 Å². The van der Waals surface area contributed by atoms with Crippen molar-refractivity contribution in [2.45, 2.75) is 32.1 Å². The molecule has 2 heterocycles. The first-order valence-corrected chi connectivity index (χ1v) is 6.83. The summed E-state index contributed by atoms with van der Waals surface area (Å²) >= 11 is 0. The summed E-state index contributed by atoms with van der Waals surface area (Å²) in [5, 5.41) is 3.32. The molecule has 3 atom stereocenters. The lowest BCUT2D eigenvalue weighted by Crippen LogP contribution is -2.33. The lowest BCUT2D eigenvalue weighted by molar-refractivity contribution is -0.140. The highest BCUT2D eigenvalue weighted by molar-refractivity contribution is 6.05. The first-order chi connectivity index (χ1) is 8.27. The number of rotatable bonds is 3. The van der Waals surface area contributed by atoms with Crippen LogP contribution in [0.3, 0.4) is 0 Å². The van der Waals surface area contributed by atoms with Crippen LogP contribution in [0.15, 0.2) is 0 Å². The average Bonchev–Trinajstić information content (AvgIpc) is 3.01. The molecule has 0 aromatic heterocycles. The Morgan fingerprint density at radius 3 is 2.41 bits per heavy atom. The van der Waals surface area contributed by atoms with Crippen LogP contribution in [0.5, 0.6) is 0 Å². The number of nitrogens with one attached hydrogen (secondary N) is 1. The Hall–Kier alpha value is -0.900. The van der Waals surface area contributed by atoms with Gasteiger partial charge in [0, 0.05) is 6.54 Å². The second-order valence-corrected chi connectivity index (χ2v) is 5.62. The summed E-state index contributed by atoms with van der Waals surface area (Å²) < 4.78 is 0. The van der Waals surface area contributed by atoms with Crippen LogP contribution >= 0.6 is 0 Å². The molecule has 94 valence electrons. The van der Waals surface area contributed by atoms with Crippen molar-refractivity contribution < 1.29 is 9.59 Å². The maximum Gasteiger partial charge on any atom is 0.233 e. The summed E-state index contributed by atoms with van der Waals surface area (Å²) in [7, 11) is 0. The second-order valence-electron chi connectivity index (χ2n) is 5.62. The van der Waals surface area contributed by atoms with Gasteiger partial charge in [-0.05, 0) is 44.7 Å². The number of hydrogen-bond acceptors (Lipinski definition) is 3. The van der Waals surface area contributed by atoms with Crippen molar-refractivity contribution in [3.05, 3.63) is 0 Å². The smallest absolute Gasteiger partial charge is 0.233 e. The van der Waals surface area contributed by atoms with Crippen LogP contribution in [0.25, 0.3) is 0 Å². The molecule has 3 aliphatic rings. The fraction of sp³-hybridized carbons (Fsp3) is 0.846. The first kappa shape index (κ1) is 11.2. The topological polar surface area (TPSA) is 49.4 Å². The molecule has 2 aliphatic heterocycles. The predicted molar refractivity (Wildman–Crippen MR) is 63.1 cm³/mol. The van der Waals surface area contributed by atoms with E-state index in [1.54, 1.807) is 4.90 Å². The monoisotopic (exact) mass is 236 g/mol. The molecule has 3 fully saturated rings. The molecule has 2 amide bonds. The van der Waals surface area contributed by atoms with E-state index < -0.39 is 0 Å². The van der Waals surface area contributed by atoms with Gasteiger partial charge in [-0.2, -0.15) is 0 Å². The second kappa shape index (κ2) is 4.41. The minimum absolute atomic E-state index is 0.0317. The van der Waals surface area contributed by atoms with Gasteiger partial charge in [0.1, 0.15) is 0 Å². The van der Waals surface area contributed by atoms with Crippen molar-refractivity contribution in [1.29, 1.82) is 0 Å².